The SMILES string of the molecule is CCC1CCCC(Sc2ccc(N)c(C)c2)C1. The molecule has 1 fully saturated rings. The van der Waals surface area contributed by atoms with Crippen LogP contribution in [0.15, 0.2) is 23.1 Å². The molecule has 2 unspecified atom stereocenters. The first-order valence-corrected chi connectivity index (χ1v) is 7.59. The molecule has 2 atom stereocenters. The largest absolute Gasteiger partial charge is 0.399 e. The van der Waals surface area contributed by atoms with Crippen molar-refractivity contribution in [2.24, 2.45) is 5.92 Å². The molecule has 1 saturated carbocycles. The lowest BCUT2D eigenvalue weighted by atomic mass is 9.87. The molecule has 1 nitrogen and oxygen atoms in total. The summed E-state index contributed by atoms with van der Waals surface area (Å²) in [6.45, 7) is 4.42. The molecule has 94 valence electrons. The van der Waals surface area contributed by atoms with Gasteiger partial charge in [-0.2, -0.15) is 0 Å². The summed E-state index contributed by atoms with van der Waals surface area (Å²) < 4.78 is 0. The van der Waals surface area contributed by atoms with Gasteiger partial charge in [0.2, 0.25) is 0 Å². The van der Waals surface area contributed by atoms with Gasteiger partial charge in [0.25, 0.3) is 0 Å². The smallest absolute Gasteiger partial charge is 0.0344 e. The molecule has 0 bridgehead atoms. The highest BCUT2D eigenvalue weighted by atomic mass is 32.2. The van der Waals surface area contributed by atoms with E-state index in [-0.39, 0.29) is 0 Å². The number of hydrogen-bond acceptors (Lipinski definition) is 2. The number of aryl methyl sites for hydroxylation is 1. The number of anilines is 1. The van der Waals surface area contributed by atoms with Gasteiger partial charge in [-0.3, -0.25) is 0 Å². The van der Waals surface area contributed by atoms with Gasteiger partial charge >= 0.3 is 0 Å². The second-order valence-corrected chi connectivity index (χ2v) is 6.57. The maximum Gasteiger partial charge on any atom is 0.0344 e. The van der Waals surface area contributed by atoms with E-state index < -0.39 is 0 Å². The third kappa shape index (κ3) is 3.41. The zero-order valence-corrected chi connectivity index (χ0v) is 11.7. The third-order valence-corrected chi connectivity index (χ3v) is 5.14. The normalized spacial score (nSPS) is 24.8. The van der Waals surface area contributed by atoms with Gasteiger partial charge in [0.05, 0.1) is 0 Å². The summed E-state index contributed by atoms with van der Waals surface area (Å²) in [7, 11) is 0. The molecule has 1 aromatic carbocycles. The van der Waals surface area contributed by atoms with E-state index in [1.165, 1.54) is 42.6 Å². The van der Waals surface area contributed by atoms with E-state index in [1.807, 2.05) is 6.07 Å². The molecule has 17 heavy (non-hydrogen) atoms. The van der Waals surface area contributed by atoms with Gasteiger partial charge in [0.1, 0.15) is 0 Å². The van der Waals surface area contributed by atoms with Crippen LogP contribution in [0.1, 0.15) is 44.6 Å². The Morgan fingerprint density at radius 1 is 1.35 bits per heavy atom. The van der Waals surface area contributed by atoms with Crippen LogP contribution in [0.2, 0.25) is 0 Å². The fourth-order valence-electron chi connectivity index (χ4n) is 2.63. The Bertz CT molecular complexity index is 375. The quantitative estimate of drug-likeness (QED) is 0.790. The van der Waals surface area contributed by atoms with Gasteiger partial charge in [-0.15, -0.1) is 11.8 Å². The maximum absolute atomic E-state index is 5.86. The van der Waals surface area contributed by atoms with E-state index in [1.54, 1.807) is 0 Å². The summed E-state index contributed by atoms with van der Waals surface area (Å²) in [5, 5.41) is 0.816. The molecular formula is C15H23NS. The van der Waals surface area contributed by atoms with Crippen LogP contribution >= 0.6 is 11.8 Å². The van der Waals surface area contributed by atoms with Crippen molar-refractivity contribution in [2.45, 2.75) is 56.1 Å². The van der Waals surface area contributed by atoms with Crippen molar-refractivity contribution in [1.29, 1.82) is 0 Å². The standard InChI is InChI=1S/C15H23NS/c1-3-12-5-4-6-13(10-12)17-14-7-8-15(16)11(2)9-14/h7-9,12-13H,3-6,10,16H2,1-2H3. The summed E-state index contributed by atoms with van der Waals surface area (Å²) in [6.07, 6.45) is 6.96. The van der Waals surface area contributed by atoms with Gasteiger partial charge < -0.3 is 5.73 Å². The summed E-state index contributed by atoms with van der Waals surface area (Å²) in [6, 6.07) is 6.44. The Labute approximate surface area is 109 Å². The van der Waals surface area contributed by atoms with E-state index in [0.29, 0.717) is 0 Å². The summed E-state index contributed by atoms with van der Waals surface area (Å²) >= 11 is 2.05. The molecule has 0 amide bonds. The Morgan fingerprint density at radius 2 is 2.18 bits per heavy atom. The van der Waals surface area contributed by atoms with Gasteiger partial charge in [0.15, 0.2) is 0 Å². The second-order valence-electron chi connectivity index (χ2n) is 5.20. The monoisotopic (exact) mass is 249 g/mol. The van der Waals surface area contributed by atoms with Gasteiger partial charge in [-0.25, -0.2) is 0 Å². The number of thioether (sulfide) groups is 1. The van der Waals surface area contributed by atoms with Gasteiger partial charge in [-0.05, 0) is 49.4 Å². The summed E-state index contributed by atoms with van der Waals surface area (Å²) in [5.41, 5.74) is 7.97. The minimum Gasteiger partial charge on any atom is -0.399 e. The molecule has 0 aromatic heterocycles. The molecule has 1 aromatic rings. The van der Waals surface area contributed by atoms with E-state index >= 15 is 0 Å². The van der Waals surface area contributed by atoms with E-state index in [0.717, 1.165) is 16.9 Å². The zero-order chi connectivity index (χ0) is 12.3. The van der Waals surface area contributed by atoms with E-state index in [4.69, 9.17) is 5.73 Å². The number of nitrogens with two attached hydrogens (primary N) is 1. The van der Waals surface area contributed by atoms with Crippen LogP contribution in [0.5, 0.6) is 0 Å². The predicted octanol–water partition coefficient (Wildman–Crippen LogP) is 4.64. The average Bonchev–Trinajstić information content (AvgIpc) is 2.34. The van der Waals surface area contributed by atoms with Crippen LogP contribution < -0.4 is 5.73 Å². The van der Waals surface area contributed by atoms with Crippen LogP contribution in [-0.4, -0.2) is 5.25 Å². The Balaban J connectivity index is 1.97. The average molecular weight is 249 g/mol. The van der Waals surface area contributed by atoms with Crippen LogP contribution in [0.4, 0.5) is 5.69 Å². The van der Waals surface area contributed by atoms with E-state index in [9.17, 15) is 0 Å². The molecule has 2 rings (SSSR count). The minimum absolute atomic E-state index is 0.816. The first-order chi connectivity index (χ1) is 8.19. The highest BCUT2D eigenvalue weighted by Gasteiger charge is 2.21. The highest BCUT2D eigenvalue weighted by Crippen LogP contribution is 2.37. The molecule has 0 heterocycles. The van der Waals surface area contributed by atoms with Crippen molar-refractivity contribution in [2.75, 3.05) is 5.73 Å². The van der Waals surface area contributed by atoms with Gasteiger partial charge in [0, 0.05) is 15.8 Å². The van der Waals surface area contributed by atoms with Crippen LogP contribution in [0.3, 0.4) is 0 Å². The fourth-order valence-corrected chi connectivity index (χ4v) is 4.06. The van der Waals surface area contributed by atoms with Crippen molar-refractivity contribution in [3.63, 3.8) is 0 Å². The maximum atomic E-state index is 5.86. The second kappa shape index (κ2) is 5.81. The summed E-state index contributed by atoms with van der Waals surface area (Å²) in [5.74, 6) is 0.955. The molecule has 1 aliphatic carbocycles. The number of hydrogen-bond donors (Lipinski definition) is 1. The molecule has 0 spiro atoms. The fraction of sp³-hybridized carbons (Fsp3) is 0.600. The van der Waals surface area contributed by atoms with Crippen molar-refractivity contribution < 1.29 is 0 Å². The van der Waals surface area contributed by atoms with Crippen LogP contribution in [0, 0.1) is 12.8 Å². The molecule has 2 heteroatoms. The Morgan fingerprint density at radius 3 is 2.88 bits per heavy atom. The molecule has 0 aliphatic heterocycles. The molecule has 2 N–H and O–H groups in total. The first kappa shape index (κ1) is 12.8. The zero-order valence-electron chi connectivity index (χ0n) is 10.9. The molecule has 0 radical (unpaired) electrons. The van der Waals surface area contributed by atoms with Crippen LogP contribution in [0.25, 0.3) is 0 Å². The van der Waals surface area contributed by atoms with Crippen molar-refractivity contribution in [1.82, 2.24) is 0 Å². The Kier molecular flexibility index (Phi) is 4.38. The number of benzene rings is 1. The molecule has 0 saturated heterocycles. The number of rotatable bonds is 3. The molecular weight excluding hydrogens is 226 g/mol. The lowest BCUT2D eigenvalue weighted by Crippen LogP contribution is -2.16. The third-order valence-electron chi connectivity index (χ3n) is 3.86. The number of nitrogen functional groups attached to an aromatic ring is 1. The van der Waals surface area contributed by atoms with Crippen molar-refractivity contribution in [3.05, 3.63) is 23.8 Å². The Hall–Kier alpha value is -0.630. The summed E-state index contributed by atoms with van der Waals surface area (Å²) in [4.78, 5) is 1.39. The topological polar surface area (TPSA) is 26.0 Å². The predicted molar refractivity (Wildman–Crippen MR) is 77.5 cm³/mol. The highest BCUT2D eigenvalue weighted by molar-refractivity contribution is 8.00. The lowest BCUT2D eigenvalue weighted by Gasteiger charge is -2.28. The van der Waals surface area contributed by atoms with Gasteiger partial charge in [-0.1, -0.05) is 26.2 Å². The first-order valence-electron chi connectivity index (χ1n) is 6.71. The van der Waals surface area contributed by atoms with Crippen molar-refractivity contribution in [3.8, 4) is 0 Å². The van der Waals surface area contributed by atoms with Crippen molar-refractivity contribution >= 4 is 17.4 Å². The van der Waals surface area contributed by atoms with E-state index in [2.05, 4.69) is 37.7 Å². The van der Waals surface area contributed by atoms with Crippen LogP contribution in [-0.2, 0) is 0 Å². The lowest BCUT2D eigenvalue weighted by molar-refractivity contribution is 0.357. The molecule has 1 aliphatic rings. The minimum atomic E-state index is 0.816.